The molecule has 0 aliphatic carbocycles. The van der Waals surface area contributed by atoms with Gasteiger partial charge in [-0.15, -0.1) is 0 Å². The number of fused-ring (bicyclic) bond motifs is 1. The lowest BCUT2D eigenvalue weighted by Crippen LogP contribution is -2.30. The topological polar surface area (TPSA) is 128 Å². The van der Waals surface area contributed by atoms with Gasteiger partial charge in [-0.2, -0.15) is 4.98 Å². The number of nitrogens with zero attached hydrogens (tertiary/aromatic N) is 4. The molecular formula is C32H41ClFN7O2. The van der Waals surface area contributed by atoms with Crippen LogP contribution in [0, 0.1) is 11.7 Å². The van der Waals surface area contributed by atoms with Crippen LogP contribution in [0.4, 0.5) is 4.39 Å². The maximum Gasteiger partial charge on any atom is 0.354 e. The minimum Gasteiger partial charge on any atom is -0.372 e. The maximum absolute atomic E-state index is 15.1. The number of halogens is 2. The van der Waals surface area contributed by atoms with Crippen molar-refractivity contribution in [1.29, 1.82) is 0 Å². The number of likely N-dealkylation sites (N-methyl/N-ethyl adjacent to an activating group) is 1. The highest BCUT2D eigenvalue weighted by molar-refractivity contribution is 6.31. The van der Waals surface area contributed by atoms with Crippen LogP contribution >= 0.6 is 11.6 Å². The third kappa shape index (κ3) is 8.89. The van der Waals surface area contributed by atoms with Crippen molar-refractivity contribution >= 4 is 28.6 Å². The predicted molar refractivity (Wildman–Crippen MR) is 172 cm³/mol. The highest BCUT2D eigenvalue weighted by atomic mass is 35.5. The molecule has 0 amide bonds. The predicted octanol–water partition coefficient (Wildman–Crippen LogP) is 5.26. The van der Waals surface area contributed by atoms with Crippen LogP contribution in [0.1, 0.15) is 44.2 Å². The quantitative estimate of drug-likeness (QED) is 0.132. The second-order valence-corrected chi connectivity index (χ2v) is 12.0. The molecule has 0 fully saturated rings. The zero-order valence-electron chi connectivity index (χ0n) is 25.2. The van der Waals surface area contributed by atoms with E-state index in [2.05, 4.69) is 33.7 Å². The van der Waals surface area contributed by atoms with E-state index in [1.807, 2.05) is 44.4 Å². The molecule has 5 N–H and O–H groups in total. The van der Waals surface area contributed by atoms with Gasteiger partial charge in [-0.3, -0.25) is 9.56 Å². The second-order valence-electron chi connectivity index (χ2n) is 11.6. The second kappa shape index (κ2) is 14.6. The molecule has 0 radical (unpaired) electrons. The van der Waals surface area contributed by atoms with Crippen LogP contribution in [0.15, 0.2) is 58.4 Å². The minimum absolute atomic E-state index is 0.0461. The fourth-order valence-electron chi connectivity index (χ4n) is 4.96. The van der Waals surface area contributed by atoms with Gasteiger partial charge in [0.1, 0.15) is 5.65 Å². The van der Waals surface area contributed by atoms with Gasteiger partial charge in [-0.25, -0.2) is 9.18 Å². The number of rotatable bonds is 14. The van der Waals surface area contributed by atoms with Crippen molar-refractivity contribution in [1.82, 2.24) is 19.4 Å². The highest BCUT2D eigenvalue weighted by Gasteiger charge is 2.16. The molecule has 2 aromatic heterocycles. The van der Waals surface area contributed by atoms with Gasteiger partial charge in [0.2, 0.25) is 0 Å². The highest BCUT2D eigenvalue weighted by Crippen LogP contribution is 2.31. The van der Waals surface area contributed by atoms with Crippen LogP contribution in [0.25, 0.3) is 28.0 Å². The van der Waals surface area contributed by atoms with Crippen LogP contribution in [0.5, 0.6) is 0 Å². The van der Waals surface area contributed by atoms with Gasteiger partial charge in [0.15, 0.2) is 11.8 Å². The number of H-pyrrole nitrogens is 1. The number of ether oxygens (including phenoxy) is 1. The van der Waals surface area contributed by atoms with Crippen molar-refractivity contribution < 1.29 is 9.13 Å². The maximum atomic E-state index is 15.1. The Morgan fingerprint density at radius 2 is 1.88 bits per heavy atom. The first-order chi connectivity index (χ1) is 20.5. The molecule has 230 valence electrons. The molecule has 0 unspecified atom stereocenters. The molecule has 2 aromatic carbocycles. The van der Waals surface area contributed by atoms with E-state index in [-0.39, 0.29) is 17.1 Å². The molecule has 43 heavy (non-hydrogen) atoms. The molecule has 0 spiro atoms. The number of nitrogens with one attached hydrogen (secondary N) is 1. The fourth-order valence-corrected chi connectivity index (χ4v) is 5.21. The Kier molecular flexibility index (Phi) is 11.0. The zero-order valence-corrected chi connectivity index (χ0v) is 26.0. The van der Waals surface area contributed by atoms with E-state index in [0.29, 0.717) is 53.5 Å². The Morgan fingerprint density at radius 1 is 1.14 bits per heavy atom. The standard InChI is InChI=1S/C32H41ClFN7O2/c1-20(2)6-5-7-22-14-26(29(34)27(33)15-22)28-16-23-17-41(32(42)39-30(23)38-28)24-10-8-21(9-11-24)19-43-25(18-40(3)4)12-13-37-31(35)36/h8-11,14-17,20,25H,5-7,12-13,18-19H2,1-4H3,(H4,35,36,37)(H,38,39,42)/t25-/m1/s1. The summed E-state index contributed by atoms with van der Waals surface area (Å²) in [5.41, 5.74) is 14.3. The fraction of sp³-hybridized carbons (Fsp3) is 0.406. The van der Waals surface area contributed by atoms with Crippen molar-refractivity contribution in [3.05, 3.63) is 81.1 Å². The lowest BCUT2D eigenvalue weighted by Gasteiger charge is -2.21. The summed E-state index contributed by atoms with van der Waals surface area (Å²) in [6.07, 6.45) is 5.23. The number of aromatic amines is 1. The first-order valence-corrected chi connectivity index (χ1v) is 14.9. The van der Waals surface area contributed by atoms with Gasteiger partial charge in [0.05, 0.1) is 29.1 Å². The van der Waals surface area contributed by atoms with E-state index < -0.39 is 11.5 Å². The summed E-state index contributed by atoms with van der Waals surface area (Å²) in [7, 11) is 3.97. The van der Waals surface area contributed by atoms with Crippen LogP contribution in [-0.4, -0.2) is 58.7 Å². The van der Waals surface area contributed by atoms with E-state index in [1.54, 1.807) is 18.3 Å². The number of benzene rings is 2. The van der Waals surface area contributed by atoms with Crippen molar-refractivity contribution in [2.45, 2.75) is 52.2 Å². The van der Waals surface area contributed by atoms with E-state index >= 15 is 4.39 Å². The molecule has 1 atom stereocenters. The number of aromatic nitrogens is 3. The average Bonchev–Trinajstić information content (AvgIpc) is 3.35. The van der Waals surface area contributed by atoms with Crippen molar-refractivity contribution in [3.8, 4) is 16.9 Å². The van der Waals surface area contributed by atoms with E-state index in [9.17, 15) is 4.79 Å². The minimum atomic E-state index is -0.502. The Labute approximate surface area is 256 Å². The van der Waals surface area contributed by atoms with Gasteiger partial charge in [-0.05, 0) is 80.7 Å². The van der Waals surface area contributed by atoms with Crippen LogP contribution in [-0.2, 0) is 17.8 Å². The van der Waals surface area contributed by atoms with Crippen molar-refractivity contribution in [2.75, 3.05) is 27.2 Å². The molecule has 4 aromatic rings. The summed E-state index contributed by atoms with van der Waals surface area (Å²) in [6, 6.07) is 12.8. The molecule has 0 aliphatic rings. The largest absolute Gasteiger partial charge is 0.372 e. The number of hydrogen-bond acceptors (Lipinski definition) is 5. The lowest BCUT2D eigenvalue weighted by molar-refractivity contribution is 0.0207. The van der Waals surface area contributed by atoms with Crippen molar-refractivity contribution in [2.24, 2.45) is 22.4 Å². The van der Waals surface area contributed by atoms with Crippen molar-refractivity contribution in [3.63, 3.8) is 0 Å². The SMILES string of the molecule is CC(C)CCCc1cc(Cl)c(F)c(-c2cc3cn(-c4ccc(CO[C@H](CCN=C(N)N)CN(C)C)cc4)c(=O)nc3[nH]2)c1. The molecule has 4 rings (SSSR count). The summed E-state index contributed by atoms with van der Waals surface area (Å²) in [5, 5.41) is 0.754. The Balaban J connectivity index is 1.52. The van der Waals surface area contributed by atoms with Crippen LogP contribution in [0.3, 0.4) is 0 Å². The monoisotopic (exact) mass is 609 g/mol. The van der Waals surface area contributed by atoms with Crippen LogP contribution < -0.4 is 17.2 Å². The summed E-state index contributed by atoms with van der Waals surface area (Å²) in [4.78, 5) is 26.4. The normalized spacial score (nSPS) is 12.4. The molecule has 11 heteroatoms. The van der Waals surface area contributed by atoms with E-state index in [1.165, 1.54) is 4.57 Å². The van der Waals surface area contributed by atoms with E-state index in [4.69, 9.17) is 27.8 Å². The molecule has 0 bridgehead atoms. The molecule has 0 aliphatic heterocycles. The molecule has 0 saturated carbocycles. The molecule has 9 nitrogen and oxygen atoms in total. The van der Waals surface area contributed by atoms with Gasteiger partial charge in [-0.1, -0.05) is 44.0 Å². The summed E-state index contributed by atoms with van der Waals surface area (Å²) >= 11 is 6.26. The lowest BCUT2D eigenvalue weighted by atomic mass is 10.00. The number of hydrogen-bond donors (Lipinski definition) is 3. The Bertz CT molecular complexity index is 1610. The van der Waals surface area contributed by atoms with Gasteiger partial charge < -0.3 is 26.1 Å². The number of aryl methyl sites for hydroxylation is 1. The van der Waals surface area contributed by atoms with Crippen LogP contribution in [0.2, 0.25) is 5.02 Å². The number of aliphatic imine (C=N–C) groups is 1. The van der Waals surface area contributed by atoms with Gasteiger partial charge in [0, 0.05) is 30.2 Å². The summed E-state index contributed by atoms with van der Waals surface area (Å²) in [6.45, 7) is 5.99. The average molecular weight is 610 g/mol. The summed E-state index contributed by atoms with van der Waals surface area (Å²) in [5.74, 6) is 0.162. The number of nitrogens with two attached hydrogens (primary N) is 2. The number of guanidine groups is 1. The zero-order chi connectivity index (χ0) is 31.1. The Hall–Kier alpha value is -3.73. The molecular weight excluding hydrogens is 569 g/mol. The Morgan fingerprint density at radius 3 is 2.56 bits per heavy atom. The third-order valence-electron chi connectivity index (χ3n) is 7.15. The van der Waals surface area contributed by atoms with E-state index in [0.717, 1.165) is 36.9 Å². The smallest absolute Gasteiger partial charge is 0.354 e. The summed E-state index contributed by atoms with van der Waals surface area (Å²) < 4.78 is 22.7. The third-order valence-corrected chi connectivity index (χ3v) is 7.42. The molecule has 2 heterocycles. The first kappa shape index (κ1) is 32.2. The molecule has 0 saturated heterocycles. The van der Waals surface area contributed by atoms with Gasteiger partial charge >= 0.3 is 5.69 Å². The first-order valence-electron chi connectivity index (χ1n) is 14.5. The van der Waals surface area contributed by atoms with Gasteiger partial charge in [0.25, 0.3) is 0 Å².